The minimum absolute atomic E-state index is 0.00812. The van der Waals surface area contributed by atoms with E-state index in [0.29, 0.717) is 30.1 Å². The molecule has 150 valence electrons. The molecule has 10 nitrogen and oxygen atoms in total. The fourth-order valence-electron chi connectivity index (χ4n) is 3.34. The van der Waals surface area contributed by atoms with E-state index in [-0.39, 0.29) is 28.9 Å². The summed E-state index contributed by atoms with van der Waals surface area (Å²) in [4.78, 5) is 25.4. The summed E-state index contributed by atoms with van der Waals surface area (Å²) in [6.45, 7) is 1.73. The van der Waals surface area contributed by atoms with Crippen LogP contribution in [-0.4, -0.2) is 32.0 Å². The minimum atomic E-state index is -0.954. The molecule has 0 radical (unpaired) electrons. The average molecular weight is 396 g/mol. The van der Waals surface area contributed by atoms with Crippen molar-refractivity contribution in [3.8, 4) is 11.5 Å². The van der Waals surface area contributed by atoms with Crippen LogP contribution in [0.5, 0.6) is 0 Å². The van der Waals surface area contributed by atoms with Gasteiger partial charge in [0, 0.05) is 7.05 Å². The second-order valence-electron chi connectivity index (χ2n) is 7.10. The van der Waals surface area contributed by atoms with Crippen LogP contribution in [0.2, 0.25) is 0 Å². The van der Waals surface area contributed by atoms with Crippen LogP contribution in [0.3, 0.4) is 0 Å². The van der Waals surface area contributed by atoms with Gasteiger partial charge in [0.25, 0.3) is 0 Å². The van der Waals surface area contributed by atoms with Gasteiger partial charge in [0.05, 0.1) is 10.6 Å². The first-order chi connectivity index (χ1) is 13.8. The molecule has 3 heterocycles. The molecule has 0 aromatic carbocycles. The summed E-state index contributed by atoms with van der Waals surface area (Å²) < 4.78 is 5.52. The lowest BCUT2D eigenvalue weighted by Gasteiger charge is -2.36. The molecule has 1 aliphatic rings. The quantitative estimate of drug-likeness (QED) is 0.491. The van der Waals surface area contributed by atoms with E-state index in [4.69, 9.17) is 10.2 Å². The number of aromatic nitrogens is 3. The van der Waals surface area contributed by atoms with E-state index in [2.05, 4.69) is 15.0 Å². The molecule has 0 unspecified atom stereocenters. The van der Waals surface area contributed by atoms with E-state index in [1.807, 2.05) is 0 Å². The summed E-state index contributed by atoms with van der Waals surface area (Å²) in [5, 5.41) is 22.5. The lowest BCUT2D eigenvalue weighted by atomic mass is 9.77. The molecule has 0 spiro atoms. The van der Waals surface area contributed by atoms with Crippen molar-refractivity contribution in [3.63, 3.8) is 0 Å². The summed E-state index contributed by atoms with van der Waals surface area (Å²) in [7, 11) is 1.60. The van der Waals surface area contributed by atoms with Gasteiger partial charge in [-0.3, -0.25) is 10.1 Å². The molecular weight excluding hydrogens is 376 g/mol. The molecule has 0 bridgehead atoms. The number of nitro groups is 1. The predicted octanol–water partition coefficient (Wildman–Crippen LogP) is 3.07. The SMILES string of the molecule is Cc1ccc(-c2nc(N)nc(N(C)c3cccc(C4(O)CCC4)n3)c2[N+](=O)[O-])o1. The molecule has 3 aromatic rings. The van der Waals surface area contributed by atoms with Crippen molar-refractivity contribution in [1.82, 2.24) is 15.0 Å². The maximum atomic E-state index is 11.9. The van der Waals surface area contributed by atoms with E-state index < -0.39 is 10.5 Å². The lowest BCUT2D eigenvalue weighted by Crippen LogP contribution is -2.34. The van der Waals surface area contributed by atoms with Gasteiger partial charge in [-0.05, 0) is 50.5 Å². The second kappa shape index (κ2) is 6.82. The van der Waals surface area contributed by atoms with Gasteiger partial charge in [0.1, 0.15) is 17.2 Å². The van der Waals surface area contributed by atoms with E-state index in [1.54, 1.807) is 44.3 Å². The Balaban J connectivity index is 1.83. The highest BCUT2D eigenvalue weighted by molar-refractivity contribution is 5.78. The van der Waals surface area contributed by atoms with Crippen molar-refractivity contribution >= 4 is 23.3 Å². The van der Waals surface area contributed by atoms with Crippen molar-refractivity contribution in [2.24, 2.45) is 0 Å². The number of hydrogen-bond donors (Lipinski definition) is 2. The zero-order valence-corrected chi connectivity index (χ0v) is 16.0. The number of nitrogen functional groups attached to an aromatic ring is 1. The number of hydrogen-bond acceptors (Lipinski definition) is 9. The Bertz CT molecular complexity index is 1090. The summed E-state index contributed by atoms with van der Waals surface area (Å²) in [6.07, 6.45) is 2.20. The number of nitrogens with zero attached hydrogens (tertiary/aromatic N) is 5. The first-order valence-corrected chi connectivity index (χ1v) is 9.11. The molecule has 1 aliphatic carbocycles. The normalized spacial score (nSPS) is 15.0. The molecule has 0 amide bonds. The molecule has 10 heteroatoms. The van der Waals surface area contributed by atoms with E-state index in [9.17, 15) is 15.2 Å². The highest BCUT2D eigenvalue weighted by Crippen LogP contribution is 2.42. The summed E-state index contributed by atoms with van der Waals surface area (Å²) in [6, 6.07) is 8.46. The van der Waals surface area contributed by atoms with Crippen LogP contribution in [0.1, 0.15) is 30.7 Å². The van der Waals surface area contributed by atoms with Crippen LogP contribution < -0.4 is 10.6 Å². The monoisotopic (exact) mass is 396 g/mol. The third kappa shape index (κ3) is 3.27. The number of aryl methyl sites for hydroxylation is 1. The van der Waals surface area contributed by atoms with Crippen molar-refractivity contribution in [1.29, 1.82) is 0 Å². The molecular formula is C19H20N6O4. The molecule has 0 saturated heterocycles. The number of pyridine rings is 1. The number of rotatable bonds is 5. The Morgan fingerprint density at radius 1 is 1.24 bits per heavy atom. The van der Waals surface area contributed by atoms with Gasteiger partial charge in [0.2, 0.25) is 11.8 Å². The van der Waals surface area contributed by atoms with E-state index in [0.717, 1.165) is 6.42 Å². The largest absolute Gasteiger partial charge is 0.459 e. The average Bonchev–Trinajstić information content (AvgIpc) is 3.11. The second-order valence-corrected chi connectivity index (χ2v) is 7.10. The van der Waals surface area contributed by atoms with Crippen molar-refractivity contribution in [2.75, 3.05) is 17.7 Å². The Morgan fingerprint density at radius 3 is 2.59 bits per heavy atom. The van der Waals surface area contributed by atoms with Crippen molar-refractivity contribution in [3.05, 3.63) is 51.9 Å². The molecule has 4 rings (SSSR count). The van der Waals surface area contributed by atoms with Gasteiger partial charge >= 0.3 is 5.69 Å². The Kier molecular flexibility index (Phi) is 4.42. The maximum absolute atomic E-state index is 11.9. The van der Waals surface area contributed by atoms with Gasteiger partial charge in [0.15, 0.2) is 11.5 Å². The van der Waals surface area contributed by atoms with Gasteiger partial charge in [-0.15, -0.1) is 0 Å². The smallest absolute Gasteiger partial charge is 0.341 e. The number of anilines is 3. The lowest BCUT2D eigenvalue weighted by molar-refractivity contribution is -0.383. The minimum Gasteiger partial charge on any atom is -0.459 e. The first-order valence-electron chi connectivity index (χ1n) is 9.11. The number of aliphatic hydroxyl groups is 1. The standard InChI is InChI=1S/C19H20N6O4/c1-11-7-8-12(29-11)15-16(25(27)28)17(23-18(20)22-15)24(2)14-6-3-5-13(21-14)19(26)9-4-10-19/h3,5-8,26H,4,9-10H2,1-2H3,(H2,20,22,23). The third-order valence-electron chi connectivity index (χ3n) is 5.09. The van der Waals surface area contributed by atoms with E-state index >= 15 is 0 Å². The van der Waals surface area contributed by atoms with Crippen LogP contribution in [0.25, 0.3) is 11.5 Å². The molecule has 0 atom stereocenters. The van der Waals surface area contributed by atoms with Gasteiger partial charge in [-0.1, -0.05) is 6.07 Å². The highest BCUT2D eigenvalue weighted by atomic mass is 16.6. The van der Waals surface area contributed by atoms with E-state index in [1.165, 1.54) is 4.90 Å². The molecule has 29 heavy (non-hydrogen) atoms. The van der Waals surface area contributed by atoms with Crippen LogP contribution >= 0.6 is 0 Å². The van der Waals surface area contributed by atoms with Crippen molar-refractivity contribution < 1.29 is 14.4 Å². The zero-order valence-electron chi connectivity index (χ0n) is 16.0. The Labute approximate surface area is 166 Å². The Morgan fingerprint density at radius 2 is 2.00 bits per heavy atom. The van der Waals surface area contributed by atoms with Crippen LogP contribution in [0.15, 0.2) is 34.7 Å². The molecule has 1 saturated carbocycles. The third-order valence-corrected chi connectivity index (χ3v) is 5.09. The van der Waals surface area contributed by atoms with Gasteiger partial charge < -0.3 is 20.2 Å². The number of nitrogens with two attached hydrogens (primary N) is 1. The first kappa shape index (κ1) is 18.8. The van der Waals surface area contributed by atoms with Gasteiger partial charge in [-0.25, -0.2) is 9.97 Å². The summed E-state index contributed by atoms with van der Waals surface area (Å²) in [5.41, 5.74) is 5.07. The molecule has 3 aromatic heterocycles. The zero-order chi connectivity index (χ0) is 20.8. The number of furan rings is 1. The van der Waals surface area contributed by atoms with Crippen LogP contribution in [0, 0.1) is 17.0 Å². The Hall–Kier alpha value is -3.53. The molecule has 0 aliphatic heterocycles. The van der Waals surface area contributed by atoms with Crippen molar-refractivity contribution in [2.45, 2.75) is 31.8 Å². The van der Waals surface area contributed by atoms with Crippen LogP contribution in [0.4, 0.5) is 23.3 Å². The van der Waals surface area contributed by atoms with Gasteiger partial charge in [-0.2, -0.15) is 4.98 Å². The fraction of sp³-hybridized carbons (Fsp3) is 0.316. The summed E-state index contributed by atoms with van der Waals surface area (Å²) in [5.74, 6) is 1.06. The predicted molar refractivity (Wildman–Crippen MR) is 106 cm³/mol. The fourth-order valence-corrected chi connectivity index (χ4v) is 3.34. The highest BCUT2D eigenvalue weighted by Gasteiger charge is 2.38. The van der Waals surface area contributed by atoms with Crippen LogP contribution in [-0.2, 0) is 5.60 Å². The maximum Gasteiger partial charge on any atom is 0.341 e. The summed E-state index contributed by atoms with van der Waals surface area (Å²) >= 11 is 0. The molecule has 1 fully saturated rings. The topological polar surface area (TPSA) is 144 Å². The molecule has 3 N–H and O–H groups in total.